The second-order valence-electron chi connectivity index (χ2n) is 3.40. The van der Waals surface area contributed by atoms with E-state index in [0.717, 1.165) is 16.9 Å². The topological polar surface area (TPSA) is 29.5 Å². The number of hydrogen-bond acceptors (Lipinski definition) is 2. The molecule has 0 atom stereocenters. The van der Waals surface area contributed by atoms with Gasteiger partial charge in [0.05, 0.1) is 12.7 Å². The van der Waals surface area contributed by atoms with Crippen LogP contribution in [0.5, 0.6) is 5.75 Å². The molecule has 0 spiro atoms. The molecule has 2 nitrogen and oxygen atoms in total. The van der Waals surface area contributed by atoms with Gasteiger partial charge >= 0.3 is 0 Å². The lowest BCUT2D eigenvalue weighted by atomic mass is 10.1. The van der Waals surface area contributed by atoms with Gasteiger partial charge in [0, 0.05) is 5.56 Å². The van der Waals surface area contributed by atoms with Gasteiger partial charge in [-0.15, -0.1) is 0 Å². The minimum atomic E-state index is -0.0102. The number of benzene rings is 1. The number of rotatable bonds is 4. The predicted molar refractivity (Wildman–Crippen MR) is 58.2 cm³/mol. The summed E-state index contributed by atoms with van der Waals surface area (Å²) >= 11 is 0. The average Bonchev–Trinajstić information content (AvgIpc) is 2.17. The van der Waals surface area contributed by atoms with Crippen LogP contribution in [0.1, 0.15) is 25.0 Å². The molecule has 76 valence electrons. The molecular weight excluding hydrogens is 176 g/mol. The molecule has 0 aliphatic rings. The lowest BCUT2D eigenvalue weighted by molar-refractivity contribution is 0.225. The van der Waals surface area contributed by atoms with E-state index in [0.29, 0.717) is 0 Å². The lowest BCUT2D eigenvalue weighted by Gasteiger charge is -2.13. The molecule has 0 saturated heterocycles. The number of hydrogen-bond donors (Lipinski definition) is 1. The maximum Gasteiger partial charge on any atom is 0.125 e. The largest absolute Gasteiger partial charge is 0.491 e. The minimum absolute atomic E-state index is 0.0102. The Morgan fingerprint density at radius 1 is 1.50 bits per heavy atom. The van der Waals surface area contributed by atoms with Crippen molar-refractivity contribution < 1.29 is 9.84 Å². The van der Waals surface area contributed by atoms with Gasteiger partial charge in [-0.2, -0.15) is 0 Å². The van der Waals surface area contributed by atoms with Crippen LogP contribution in [0, 0.1) is 0 Å². The van der Waals surface area contributed by atoms with Gasteiger partial charge < -0.3 is 9.84 Å². The lowest BCUT2D eigenvalue weighted by Crippen LogP contribution is -2.07. The van der Waals surface area contributed by atoms with Crippen LogP contribution in [0.2, 0.25) is 0 Å². The van der Waals surface area contributed by atoms with Gasteiger partial charge in [-0.1, -0.05) is 18.7 Å². The highest BCUT2D eigenvalue weighted by Crippen LogP contribution is 2.21. The second-order valence-corrected chi connectivity index (χ2v) is 3.40. The highest BCUT2D eigenvalue weighted by molar-refractivity contribution is 5.51. The van der Waals surface area contributed by atoms with Crippen LogP contribution < -0.4 is 4.74 Å². The van der Waals surface area contributed by atoms with Crippen molar-refractivity contribution in [2.45, 2.75) is 26.6 Å². The van der Waals surface area contributed by atoms with Crippen LogP contribution in [0.4, 0.5) is 0 Å². The molecule has 0 saturated carbocycles. The van der Waals surface area contributed by atoms with Crippen molar-refractivity contribution in [1.29, 1.82) is 0 Å². The Morgan fingerprint density at radius 3 is 2.71 bits per heavy atom. The zero-order valence-electron chi connectivity index (χ0n) is 8.66. The summed E-state index contributed by atoms with van der Waals surface area (Å²) in [6.07, 6.45) is 1.87. The maximum atomic E-state index is 9.14. The third-order valence-corrected chi connectivity index (χ3v) is 1.85. The van der Waals surface area contributed by atoms with Gasteiger partial charge in [-0.3, -0.25) is 0 Å². The number of ether oxygens (including phenoxy) is 1. The Labute approximate surface area is 84.8 Å². The molecule has 0 aliphatic carbocycles. The maximum absolute atomic E-state index is 9.14. The van der Waals surface area contributed by atoms with Crippen molar-refractivity contribution >= 4 is 6.08 Å². The second kappa shape index (κ2) is 4.82. The molecule has 0 bridgehead atoms. The molecule has 0 heterocycles. The SMILES string of the molecule is C=Cc1ccc(OC(C)C)c(CO)c1. The molecule has 1 aromatic carbocycles. The quantitative estimate of drug-likeness (QED) is 0.794. The molecule has 0 unspecified atom stereocenters. The van der Waals surface area contributed by atoms with E-state index >= 15 is 0 Å². The van der Waals surface area contributed by atoms with Crippen LogP contribution in [0.3, 0.4) is 0 Å². The Balaban J connectivity index is 2.98. The fraction of sp³-hybridized carbons (Fsp3) is 0.333. The fourth-order valence-electron chi connectivity index (χ4n) is 1.22. The summed E-state index contributed by atoms with van der Waals surface area (Å²) in [5, 5.41) is 9.14. The first-order valence-corrected chi connectivity index (χ1v) is 4.70. The van der Waals surface area contributed by atoms with E-state index in [1.165, 1.54) is 0 Å². The van der Waals surface area contributed by atoms with Crippen molar-refractivity contribution in [2.75, 3.05) is 0 Å². The Morgan fingerprint density at radius 2 is 2.21 bits per heavy atom. The fourth-order valence-corrected chi connectivity index (χ4v) is 1.22. The van der Waals surface area contributed by atoms with Gasteiger partial charge in [0.2, 0.25) is 0 Å². The van der Waals surface area contributed by atoms with Gasteiger partial charge in [0.1, 0.15) is 5.75 Å². The summed E-state index contributed by atoms with van der Waals surface area (Å²) in [5.74, 6) is 0.744. The molecule has 0 aliphatic heterocycles. The first-order valence-electron chi connectivity index (χ1n) is 4.70. The first kappa shape index (κ1) is 10.8. The van der Waals surface area contributed by atoms with Crippen LogP contribution in [-0.4, -0.2) is 11.2 Å². The minimum Gasteiger partial charge on any atom is -0.491 e. The predicted octanol–water partition coefficient (Wildman–Crippen LogP) is 2.61. The monoisotopic (exact) mass is 192 g/mol. The first-order chi connectivity index (χ1) is 6.67. The highest BCUT2D eigenvalue weighted by Gasteiger charge is 2.04. The molecule has 0 radical (unpaired) electrons. The Kier molecular flexibility index (Phi) is 3.72. The van der Waals surface area contributed by atoms with Crippen molar-refractivity contribution in [3.63, 3.8) is 0 Å². The van der Waals surface area contributed by atoms with Crippen LogP contribution >= 0.6 is 0 Å². The molecule has 0 aromatic heterocycles. The average molecular weight is 192 g/mol. The molecule has 0 fully saturated rings. The van der Waals surface area contributed by atoms with Gasteiger partial charge in [0.25, 0.3) is 0 Å². The molecule has 0 amide bonds. The van der Waals surface area contributed by atoms with Crippen LogP contribution in [0.15, 0.2) is 24.8 Å². The standard InChI is InChI=1S/C12H16O2/c1-4-10-5-6-12(14-9(2)3)11(7-10)8-13/h4-7,9,13H,1,8H2,2-3H3. The zero-order valence-corrected chi connectivity index (χ0v) is 8.66. The van der Waals surface area contributed by atoms with Crippen molar-refractivity contribution in [2.24, 2.45) is 0 Å². The van der Waals surface area contributed by atoms with Crippen LogP contribution in [-0.2, 0) is 6.61 Å². The van der Waals surface area contributed by atoms with E-state index in [9.17, 15) is 0 Å². The van der Waals surface area contributed by atoms with Gasteiger partial charge in [-0.05, 0) is 31.5 Å². The van der Waals surface area contributed by atoms with Crippen molar-refractivity contribution in [3.8, 4) is 5.75 Å². The van der Waals surface area contributed by atoms with E-state index < -0.39 is 0 Å². The third-order valence-electron chi connectivity index (χ3n) is 1.85. The molecular formula is C12H16O2. The van der Waals surface area contributed by atoms with E-state index in [1.807, 2.05) is 32.0 Å². The van der Waals surface area contributed by atoms with Gasteiger partial charge in [0.15, 0.2) is 0 Å². The molecule has 1 rings (SSSR count). The van der Waals surface area contributed by atoms with Crippen LogP contribution in [0.25, 0.3) is 6.08 Å². The summed E-state index contributed by atoms with van der Waals surface area (Å²) in [6.45, 7) is 7.59. The van der Waals surface area contributed by atoms with E-state index in [4.69, 9.17) is 9.84 Å². The third kappa shape index (κ3) is 2.60. The number of aliphatic hydroxyl groups is 1. The van der Waals surface area contributed by atoms with Crippen molar-refractivity contribution in [1.82, 2.24) is 0 Å². The smallest absolute Gasteiger partial charge is 0.125 e. The summed E-state index contributed by atoms with van der Waals surface area (Å²) in [6, 6.07) is 5.66. The Hall–Kier alpha value is -1.28. The number of aliphatic hydroxyl groups excluding tert-OH is 1. The van der Waals surface area contributed by atoms with E-state index in [2.05, 4.69) is 6.58 Å². The normalized spacial score (nSPS) is 10.3. The summed E-state index contributed by atoms with van der Waals surface area (Å²) < 4.78 is 5.54. The van der Waals surface area contributed by atoms with Gasteiger partial charge in [-0.25, -0.2) is 0 Å². The summed E-state index contributed by atoms with van der Waals surface area (Å²) in [7, 11) is 0. The van der Waals surface area contributed by atoms with E-state index in [1.54, 1.807) is 6.08 Å². The summed E-state index contributed by atoms with van der Waals surface area (Å²) in [5.41, 5.74) is 1.79. The molecule has 14 heavy (non-hydrogen) atoms. The molecule has 2 heteroatoms. The summed E-state index contributed by atoms with van der Waals surface area (Å²) in [4.78, 5) is 0. The zero-order chi connectivity index (χ0) is 10.6. The molecule has 1 aromatic rings. The van der Waals surface area contributed by atoms with E-state index in [-0.39, 0.29) is 12.7 Å². The highest BCUT2D eigenvalue weighted by atomic mass is 16.5. The van der Waals surface area contributed by atoms with Crippen molar-refractivity contribution in [3.05, 3.63) is 35.9 Å². The molecule has 1 N–H and O–H groups in total. The Bertz CT molecular complexity index is 316.